The first-order valence-corrected chi connectivity index (χ1v) is 8.52. The van der Waals surface area contributed by atoms with Gasteiger partial charge >= 0.3 is 0 Å². The van der Waals surface area contributed by atoms with Crippen molar-refractivity contribution in [3.05, 3.63) is 82.8 Å². The second kappa shape index (κ2) is 7.78. The van der Waals surface area contributed by atoms with Gasteiger partial charge in [-0.15, -0.1) is 0 Å². The summed E-state index contributed by atoms with van der Waals surface area (Å²) in [6.07, 6.45) is 1.39. The average Bonchev–Trinajstić information content (AvgIpc) is 2.64. The molecule has 5 nitrogen and oxygen atoms in total. The molecular weight excluding hydrogens is 324 g/mol. The van der Waals surface area contributed by atoms with Crippen molar-refractivity contribution in [2.75, 3.05) is 5.32 Å². The zero-order chi connectivity index (χ0) is 18.5. The summed E-state index contributed by atoms with van der Waals surface area (Å²) in [6.45, 7) is 6.62. The zero-order valence-electron chi connectivity index (χ0n) is 15.2. The van der Waals surface area contributed by atoms with Gasteiger partial charge in [-0.2, -0.15) is 0 Å². The molecule has 3 rings (SSSR count). The van der Waals surface area contributed by atoms with Gasteiger partial charge in [-0.3, -0.25) is 4.79 Å². The van der Waals surface area contributed by atoms with E-state index >= 15 is 0 Å². The molecule has 132 valence electrons. The summed E-state index contributed by atoms with van der Waals surface area (Å²) < 4.78 is 0. The minimum atomic E-state index is -0.223. The Balaban J connectivity index is 1.69. The zero-order valence-corrected chi connectivity index (χ0v) is 15.2. The van der Waals surface area contributed by atoms with Gasteiger partial charge in [0.05, 0.1) is 0 Å². The van der Waals surface area contributed by atoms with Crippen molar-refractivity contribution in [2.24, 2.45) is 0 Å². The van der Waals surface area contributed by atoms with Crippen molar-refractivity contribution in [2.45, 2.75) is 27.3 Å². The van der Waals surface area contributed by atoms with E-state index < -0.39 is 0 Å². The molecule has 2 aromatic carbocycles. The van der Waals surface area contributed by atoms with E-state index in [1.54, 1.807) is 6.07 Å². The second-order valence-electron chi connectivity index (χ2n) is 6.32. The molecule has 0 radical (unpaired) electrons. The number of anilines is 2. The number of aryl methyl sites for hydroxylation is 3. The Bertz CT molecular complexity index is 937. The van der Waals surface area contributed by atoms with Crippen molar-refractivity contribution in [1.29, 1.82) is 0 Å². The molecular formula is C21H22N4O. The Morgan fingerprint density at radius 2 is 1.73 bits per heavy atom. The Labute approximate surface area is 153 Å². The Hall–Kier alpha value is -3.21. The molecule has 0 fully saturated rings. The number of hydrogen-bond acceptors (Lipinski definition) is 4. The molecule has 0 saturated heterocycles. The average molecular weight is 346 g/mol. The smallest absolute Gasteiger partial charge is 0.270 e. The van der Waals surface area contributed by atoms with E-state index in [0.717, 1.165) is 16.8 Å². The Morgan fingerprint density at radius 1 is 0.923 bits per heavy atom. The van der Waals surface area contributed by atoms with Crippen LogP contribution >= 0.6 is 0 Å². The maximum Gasteiger partial charge on any atom is 0.270 e. The molecule has 0 aliphatic heterocycles. The van der Waals surface area contributed by atoms with Gasteiger partial charge in [-0.1, -0.05) is 30.3 Å². The molecule has 1 amide bonds. The van der Waals surface area contributed by atoms with E-state index in [1.165, 1.54) is 17.5 Å². The van der Waals surface area contributed by atoms with Crippen molar-refractivity contribution < 1.29 is 4.79 Å². The predicted octanol–water partition coefficient (Wildman–Crippen LogP) is 4.08. The van der Waals surface area contributed by atoms with Gasteiger partial charge in [0.15, 0.2) is 0 Å². The van der Waals surface area contributed by atoms with Crippen LogP contribution in [0, 0.1) is 20.8 Å². The number of hydrogen-bond donors (Lipinski definition) is 2. The van der Waals surface area contributed by atoms with Crippen molar-refractivity contribution in [3.8, 4) is 0 Å². The SMILES string of the molecule is Cc1ccc(Nc2cc(C(=O)NCc3ccccc3C)ncn2)cc1C. The topological polar surface area (TPSA) is 66.9 Å². The normalized spacial score (nSPS) is 10.4. The lowest BCUT2D eigenvalue weighted by Gasteiger charge is -2.10. The number of nitrogens with one attached hydrogen (secondary N) is 2. The lowest BCUT2D eigenvalue weighted by Crippen LogP contribution is -2.24. The van der Waals surface area contributed by atoms with Gasteiger partial charge < -0.3 is 10.6 Å². The lowest BCUT2D eigenvalue weighted by atomic mass is 10.1. The number of aromatic nitrogens is 2. The van der Waals surface area contributed by atoms with Gasteiger partial charge in [-0.05, 0) is 55.2 Å². The van der Waals surface area contributed by atoms with E-state index in [2.05, 4.69) is 46.6 Å². The first-order valence-electron chi connectivity index (χ1n) is 8.52. The quantitative estimate of drug-likeness (QED) is 0.731. The van der Waals surface area contributed by atoms with Gasteiger partial charge in [0.25, 0.3) is 5.91 Å². The maximum atomic E-state index is 12.4. The Kier molecular flexibility index (Phi) is 5.27. The van der Waals surface area contributed by atoms with Crippen molar-refractivity contribution in [3.63, 3.8) is 0 Å². The fraction of sp³-hybridized carbons (Fsp3) is 0.190. The van der Waals surface area contributed by atoms with E-state index in [0.29, 0.717) is 18.1 Å². The molecule has 0 unspecified atom stereocenters. The molecule has 2 N–H and O–H groups in total. The van der Waals surface area contributed by atoms with Crippen molar-refractivity contribution >= 4 is 17.4 Å². The molecule has 0 aliphatic rings. The number of nitrogens with zero attached hydrogens (tertiary/aromatic N) is 2. The third-order valence-electron chi connectivity index (χ3n) is 4.38. The standard InChI is InChI=1S/C21H22N4O/c1-14-8-9-18(10-16(14)3)25-20-11-19(23-13-24-20)21(26)22-12-17-7-5-4-6-15(17)2/h4-11,13H,12H2,1-3H3,(H,22,26)(H,23,24,25). The number of benzene rings is 2. The largest absolute Gasteiger partial charge is 0.347 e. The molecule has 26 heavy (non-hydrogen) atoms. The fourth-order valence-electron chi connectivity index (χ4n) is 2.59. The second-order valence-corrected chi connectivity index (χ2v) is 6.32. The van der Waals surface area contributed by atoms with E-state index in [-0.39, 0.29) is 5.91 Å². The number of rotatable bonds is 5. The maximum absolute atomic E-state index is 12.4. The summed E-state index contributed by atoms with van der Waals surface area (Å²) >= 11 is 0. The summed E-state index contributed by atoms with van der Waals surface area (Å²) in [6, 6.07) is 15.7. The highest BCUT2D eigenvalue weighted by atomic mass is 16.1. The van der Waals surface area contributed by atoms with E-state index in [4.69, 9.17) is 0 Å². The van der Waals surface area contributed by atoms with Gasteiger partial charge in [0.2, 0.25) is 0 Å². The van der Waals surface area contributed by atoms with Crippen LogP contribution in [0.25, 0.3) is 0 Å². The minimum absolute atomic E-state index is 0.223. The van der Waals surface area contributed by atoms with Gasteiger partial charge in [0.1, 0.15) is 17.8 Å². The Morgan fingerprint density at radius 3 is 2.50 bits per heavy atom. The molecule has 1 heterocycles. The van der Waals surface area contributed by atoms with Crippen LogP contribution in [0.5, 0.6) is 0 Å². The van der Waals surface area contributed by atoms with Crippen LogP contribution in [-0.4, -0.2) is 15.9 Å². The summed E-state index contributed by atoms with van der Waals surface area (Å²) in [5.74, 6) is 0.364. The summed E-state index contributed by atoms with van der Waals surface area (Å²) in [5.41, 5.74) is 5.92. The predicted molar refractivity (Wildman–Crippen MR) is 104 cm³/mol. The summed E-state index contributed by atoms with van der Waals surface area (Å²) in [7, 11) is 0. The summed E-state index contributed by atoms with van der Waals surface area (Å²) in [5, 5.41) is 6.13. The fourth-order valence-corrected chi connectivity index (χ4v) is 2.59. The van der Waals surface area contributed by atoms with Crippen LogP contribution in [0.15, 0.2) is 54.9 Å². The minimum Gasteiger partial charge on any atom is -0.347 e. The third kappa shape index (κ3) is 4.25. The molecule has 3 aromatic rings. The van der Waals surface area contributed by atoms with Crippen LogP contribution in [0.2, 0.25) is 0 Å². The summed E-state index contributed by atoms with van der Waals surface area (Å²) in [4.78, 5) is 20.7. The molecule has 0 spiro atoms. The van der Waals surface area contributed by atoms with Crippen LogP contribution in [-0.2, 0) is 6.54 Å². The first kappa shape index (κ1) is 17.6. The van der Waals surface area contributed by atoms with E-state index in [9.17, 15) is 4.79 Å². The van der Waals surface area contributed by atoms with Crippen LogP contribution < -0.4 is 10.6 Å². The first-order chi connectivity index (χ1) is 12.5. The highest BCUT2D eigenvalue weighted by Crippen LogP contribution is 2.18. The third-order valence-corrected chi connectivity index (χ3v) is 4.38. The highest BCUT2D eigenvalue weighted by Gasteiger charge is 2.09. The number of carbonyl (C=O) groups is 1. The van der Waals surface area contributed by atoms with E-state index in [1.807, 2.05) is 37.3 Å². The molecule has 0 saturated carbocycles. The number of carbonyl (C=O) groups excluding carboxylic acids is 1. The van der Waals surface area contributed by atoms with Crippen LogP contribution in [0.4, 0.5) is 11.5 Å². The van der Waals surface area contributed by atoms with Crippen molar-refractivity contribution in [1.82, 2.24) is 15.3 Å². The highest BCUT2D eigenvalue weighted by molar-refractivity contribution is 5.92. The lowest BCUT2D eigenvalue weighted by molar-refractivity contribution is 0.0945. The molecule has 0 aliphatic carbocycles. The monoisotopic (exact) mass is 346 g/mol. The molecule has 0 bridgehead atoms. The molecule has 0 atom stereocenters. The number of amides is 1. The molecule has 1 aromatic heterocycles. The van der Waals surface area contributed by atoms with Gasteiger partial charge in [-0.25, -0.2) is 9.97 Å². The van der Waals surface area contributed by atoms with Crippen LogP contribution in [0.3, 0.4) is 0 Å². The molecule has 5 heteroatoms. The van der Waals surface area contributed by atoms with Crippen LogP contribution in [0.1, 0.15) is 32.7 Å². The van der Waals surface area contributed by atoms with Gasteiger partial charge in [0, 0.05) is 18.3 Å².